The minimum atomic E-state index is -0.467. The van der Waals surface area contributed by atoms with Crippen LogP contribution in [0.5, 0.6) is 0 Å². The molecule has 0 radical (unpaired) electrons. The third-order valence-electron chi connectivity index (χ3n) is 1.92. The number of nitrogens with zero attached hydrogens (tertiary/aromatic N) is 1. The Hall–Kier alpha value is -0.440. The molecule has 14 heavy (non-hydrogen) atoms. The van der Waals surface area contributed by atoms with Gasteiger partial charge in [0.1, 0.15) is 11.1 Å². The van der Waals surface area contributed by atoms with Crippen LogP contribution in [0.3, 0.4) is 0 Å². The molecule has 0 aromatic rings. The lowest BCUT2D eigenvalue weighted by atomic mass is 10.2. The van der Waals surface area contributed by atoms with Crippen molar-refractivity contribution >= 4 is 29.0 Å². The molecule has 1 rings (SSSR count). The van der Waals surface area contributed by atoms with Crippen LogP contribution in [0.2, 0.25) is 0 Å². The predicted molar refractivity (Wildman–Crippen MR) is 62.9 cm³/mol. The first-order valence-corrected chi connectivity index (χ1v) is 5.44. The molecule has 0 N–H and O–H groups in total. The summed E-state index contributed by atoms with van der Waals surface area (Å²) in [5.41, 5.74) is -0.853. The van der Waals surface area contributed by atoms with Gasteiger partial charge in [-0.1, -0.05) is 5.92 Å². The van der Waals surface area contributed by atoms with Crippen molar-refractivity contribution in [3.8, 4) is 12.3 Å². The monoisotopic (exact) mass is 307 g/mol. The van der Waals surface area contributed by atoms with E-state index in [1.54, 1.807) is 0 Å². The van der Waals surface area contributed by atoms with E-state index in [9.17, 15) is 4.79 Å². The molecule has 0 saturated heterocycles. The van der Waals surface area contributed by atoms with Crippen LogP contribution in [0, 0.1) is 12.3 Å². The quantitative estimate of drug-likeness (QED) is 0.423. The Kier molecular flexibility index (Phi) is 3.00. The fourth-order valence-electron chi connectivity index (χ4n) is 0.992. The lowest BCUT2D eigenvalue weighted by Crippen LogP contribution is -2.37. The number of rotatable bonds is 1. The third-order valence-corrected chi connectivity index (χ3v) is 3.24. The Morgan fingerprint density at radius 2 is 2.07 bits per heavy atom. The van der Waals surface area contributed by atoms with Gasteiger partial charge in [0, 0.05) is 0 Å². The van der Waals surface area contributed by atoms with Gasteiger partial charge in [0.2, 0.25) is 0 Å². The van der Waals surface area contributed by atoms with Gasteiger partial charge in [-0.15, -0.1) is 6.42 Å². The molecule has 1 aliphatic carbocycles. The summed E-state index contributed by atoms with van der Waals surface area (Å²) in [6.07, 6.45) is 6.75. The van der Waals surface area contributed by atoms with E-state index in [-0.39, 0.29) is 11.6 Å². The van der Waals surface area contributed by atoms with Gasteiger partial charge < -0.3 is 4.74 Å². The molecule has 0 atom stereocenters. The topological polar surface area (TPSA) is 29.5 Å². The maximum Gasteiger partial charge on any atom is 0.420 e. The fraction of sp³-hybridized carbons (Fsp3) is 0.700. The molecule has 1 saturated carbocycles. The Morgan fingerprint density at radius 1 is 1.57 bits per heavy atom. The molecule has 0 aromatic carbocycles. The van der Waals surface area contributed by atoms with Crippen LogP contribution in [0.1, 0.15) is 33.6 Å². The molecule has 1 aliphatic rings. The zero-order valence-electron chi connectivity index (χ0n) is 8.63. The fourth-order valence-corrected chi connectivity index (χ4v) is 1.71. The van der Waals surface area contributed by atoms with Gasteiger partial charge >= 0.3 is 6.09 Å². The summed E-state index contributed by atoms with van der Waals surface area (Å²) in [5.74, 6) is 2.64. The van der Waals surface area contributed by atoms with Crippen LogP contribution in [-0.4, -0.2) is 20.3 Å². The second-order valence-electron chi connectivity index (χ2n) is 4.44. The van der Waals surface area contributed by atoms with Gasteiger partial charge in [-0.25, -0.2) is 7.91 Å². The van der Waals surface area contributed by atoms with Crippen molar-refractivity contribution in [2.24, 2.45) is 0 Å². The van der Waals surface area contributed by atoms with Crippen molar-refractivity contribution in [1.82, 2.24) is 3.11 Å². The number of carbonyl (C=O) groups is 1. The van der Waals surface area contributed by atoms with Crippen LogP contribution in [0.15, 0.2) is 0 Å². The van der Waals surface area contributed by atoms with Crippen LogP contribution >= 0.6 is 22.9 Å². The normalized spacial score (nSPS) is 18.2. The molecular weight excluding hydrogens is 293 g/mol. The Labute approximate surface area is 98.7 Å². The van der Waals surface area contributed by atoms with E-state index in [0.29, 0.717) is 0 Å². The van der Waals surface area contributed by atoms with E-state index < -0.39 is 5.60 Å². The second-order valence-corrected chi connectivity index (χ2v) is 5.40. The van der Waals surface area contributed by atoms with E-state index in [1.165, 1.54) is 3.11 Å². The summed E-state index contributed by atoms with van der Waals surface area (Å²) >= 11 is 1.93. The minimum Gasteiger partial charge on any atom is -0.443 e. The summed E-state index contributed by atoms with van der Waals surface area (Å²) in [5, 5.41) is 0. The molecule has 1 amide bonds. The van der Waals surface area contributed by atoms with E-state index in [0.717, 1.165) is 12.8 Å². The van der Waals surface area contributed by atoms with Crippen molar-refractivity contribution in [2.75, 3.05) is 0 Å². The lowest BCUT2D eigenvalue weighted by molar-refractivity contribution is 0.0397. The molecule has 1 fully saturated rings. The molecule has 0 aliphatic heterocycles. The smallest absolute Gasteiger partial charge is 0.420 e. The van der Waals surface area contributed by atoms with Gasteiger partial charge in [0.25, 0.3) is 0 Å². The Balaban J connectivity index is 2.59. The highest BCUT2D eigenvalue weighted by molar-refractivity contribution is 14.1. The number of terminal acetylenes is 1. The van der Waals surface area contributed by atoms with Gasteiger partial charge in [0.05, 0.1) is 22.9 Å². The standard InChI is InChI=1S/C10H14INO2/c1-5-10(6-7-10)12(11)8(13)14-9(2,3)4/h1H,6-7H2,2-4H3. The number of hydrogen-bond acceptors (Lipinski definition) is 2. The number of carbonyl (C=O) groups excluding carboxylic acids is 1. The van der Waals surface area contributed by atoms with Gasteiger partial charge in [0.15, 0.2) is 0 Å². The Morgan fingerprint density at radius 3 is 2.36 bits per heavy atom. The van der Waals surface area contributed by atoms with E-state index >= 15 is 0 Å². The SMILES string of the molecule is C#CC1(N(I)C(=O)OC(C)(C)C)CC1. The number of amides is 1. The van der Waals surface area contributed by atoms with E-state index in [4.69, 9.17) is 11.2 Å². The van der Waals surface area contributed by atoms with Gasteiger partial charge in [-0.3, -0.25) is 0 Å². The molecule has 0 unspecified atom stereocenters. The molecule has 3 nitrogen and oxygen atoms in total. The minimum absolute atomic E-state index is 0.353. The first-order chi connectivity index (χ1) is 6.31. The Bertz CT molecular complexity index is 283. The first kappa shape index (κ1) is 11.6. The van der Waals surface area contributed by atoms with Crippen molar-refractivity contribution < 1.29 is 9.53 Å². The van der Waals surface area contributed by atoms with Crippen LogP contribution < -0.4 is 0 Å². The average molecular weight is 307 g/mol. The highest BCUT2D eigenvalue weighted by Crippen LogP contribution is 2.43. The largest absolute Gasteiger partial charge is 0.443 e. The molecular formula is C10H14INO2. The zero-order valence-corrected chi connectivity index (χ0v) is 10.8. The van der Waals surface area contributed by atoms with Crippen LogP contribution in [0.25, 0.3) is 0 Å². The van der Waals surface area contributed by atoms with E-state index in [2.05, 4.69) is 5.92 Å². The van der Waals surface area contributed by atoms with Crippen molar-refractivity contribution in [3.63, 3.8) is 0 Å². The summed E-state index contributed by atoms with van der Waals surface area (Å²) < 4.78 is 6.71. The molecule has 0 aromatic heterocycles. The van der Waals surface area contributed by atoms with Gasteiger partial charge in [-0.2, -0.15) is 0 Å². The van der Waals surface area contributed by atoms with Crippen LogP contribution in [-0.2, 0) is 4.74 Å². The first-order valence-electron chi connectivity index (χ1n) is 4.47. The van der Waals surface area contributed by atoms with Crippen molar-refractivity contribution in [3.05, 3.63) is 0 Å². The molecule has 0 heterocycles. The maximum atomic E-state index is 11.6. The zero-order chi connectivity index (χ0) is 11.0. The number of ether oxygens (including phenoxy) is 1. The lowest BCUT2D eigenvalue weighted by Gasteiger charge is -2.26. The third kappa shape index (κ3) is 2.53. The highest BCUT2D eigenvalue weighted by atomic mass is 127. The van der Waals surface area contributed by atoms with Crippen molar-refractivity contribution in [1.29, 1.82) is 0 Å². The molecule has 4 heteroatoms. The van der Waals surface area contributed by atoms with Crippen LogP contribution in [0.4, 0.5) is 4.79 Å². The van der Waals surface area contributed by atoms with Gasteiger partial charge in [-0.05, 0) is 33.6 Å². The summed E-state index contributed by atoms with van der Waals surface area (Å²) in [6.45, 7) is 5.51. The molecule has 0 bridgehead atoms. The summed E-state index contributed by atoms with van der Waals surface area (Å²) in [7, 11) is 0. The maximum absolute atomic E-state index is 11.6. The molecule has 0 spiro atoms. The summed E-state index contributed by atoms with van der Waals surface area (Å²) in [6, 6.07) is 0. The number of halogens is 1. The summed E-state index contributed by atoms with van der Waals surface area (Å²) in [4.78, 5) is 11.6. The average Bonchev–Trinajstić information content (AvgIpc) is 2.80. The predicted octanol–water partition coefficient (Wildman–Crippen LogP) is 2.74. The highest BCUT2D eigenvalue weighted by Gasteiger charge is 2.49. The van der Waals surface area contributed by atoms with E-state index in [1.807, 2.05) is 43.6 Å². The second kappa shape index (κ2) is 3.61. The molecule has 78 valence electrons. The van der Waals surface area contributed by atoms with Crippen molar-refractivity contribution in [2.45, 2.75) is 44.8 Å². The number of hydrogen-bond donors (Lipinski definition) is 0.